The summed E-state index contributed by atoms with van der Waals surface area (Å²) in [5, 5.41) is 0. The van der Waals surface area contributed by atoms with E-state index in [0.29, 0.717) is 13.2 Å². The highest BCUT2D eigenvalue weighted by molar-refractivity contribution is 5.13. The lowest BCUT2D eigenvalue weighted by atomic mass is 10.1. The first kappa shape index (κ1) is 17.4. The standard InChI is InChI=1S/C19H26O6/c1-18(2)21-11-13(23-18)14-15(20-10-12-8-6-5-7-9-12)16-17(22-14)25-19(3,4)24-16/h5-9,13-17H,10-11H2,1-4H3/t13-,14+,15-,16-,17+/m0/s1. The average molecular weight is 350 g/mol. The highest BCUT2D eigenvalue weighted by Crippen LogP contribution is 2.42. The molecule has 0 bridgehead atoms. The molecule has 0 unspecified atom stereocenters. The third-order valence-electron chi connectivity index (χ3n) is 4.71. The summed E-state index contributed by atoms with van der Waals surface area (Å²) in [6.07, 6.45) is -1.52. The second-order valence-electron chi connectivity index (χ2n) is 7.70. The lowest BCUT2D eigenvalue weighted by Crippen LogP contribution is -2.44. The first-order valence-corrected chi connectivity index (χ1v) is 8.81. The van der Waals surface area contributed by atoms with Gasteiger partial charge in [-0.1, -0.05) is 30.3 Å². The van der Waals surface area contributed by atoms with E-state index in [9.17, 15) is 0 Å². The molecule has 4 rings (SSSR count). The van der Waals surface area contributed by atoms with Crippen LogP contribution < -0.4 is 0 Å². The molecular formula is C19H26O6. The van der Waals surface area contributed by atoms with E-state index in [-0.39, 0.29) is 24.4 Å². The molecule has 1 aromatic rings. The minimum atomic E-state index is -0.680. The Morgan fingerprint density at radius 2 is 1.72 bits per heavy atom. The Hall–Kier alpha value is -1.02. The molecule has 25 heavy (non-hydrogen) atoms. The number of hydrogen-bond acceptors (Lipinski definition) is 6. The topological polar surface area (TPSA) is 55.4 Å². The van der Waals surface area contributed by atoms with Gasteiger partial charge < -0.3 is 28.4 Å². The molecule has 0 spiro atoms. The van der Waals surface area contributed by atoms with Gasteiger partial charge in [-0.25, -0.2) is 0 Å². The predicted molar refractivity (Wildman–Crippen MR) is 88.6 cm³/mol. The van der Waals surface area contributed by atoms with Crippen LogP contribution in [0.2, 0.25) is 0 Å². The Labute approximate surface area is 148 Å². The quantitative estimate of drug-likeness (QED) is 0.832. The fraction of sp³-hybridized carbons (Fsp3) is 0.684. The largest absolute Gasteiger partial charge is 0.368 e. The maximum absolute atomic E-state index is 6.22. The van der Waals surface area contributed by atoms with E-state index in [1.165, 1.54) is 0 Å². The van der Waals surface area contributed by atoms with E-state index in [0.717, 1.165) is 5.56 Å². The van der Waals surface area contributed by atoms with Crippen LogP contribution in [0.15, 0.2) is 30.3 Å². The molecule has 3 heterocycles. The van der Waals surface area contributed by atoms with Gasteiger partial charge in [0.1, 0.15) is 24.4 Å². The van der Waals surface area contributed by atoms with Crippen molar-refractivity contribution in [1.82, 2.24) is 0 Å². The minimum Gasteiger partial charge on any atom is -0.368 e. The Morgan fingerprint density at radius 3 is 2.40 bits per heavy atom. The zero-order chi connectivity index (χ0) is 17.7. The van der Waals surface area contributed by atoms with E-state index in [1.54, 1.807) is 0 Å². The first-order valence-electron chi connectivity index (χ1n) is 8.81. The molecule has 0 amide bonds. The summed E-state index contributed by atoms with van der Waals surface area (Å²) in [6, 6.07) is 10.1. The highest BCUT2D eigenvalue weighted by Gasteiger charge is 2.58. The van der Waals surface area contributed by atoms with E-state index >= 15 is 0 Å². The van der Waals surface area contributed by atoms with Crippen LogP contribution in [0.1, 0.15) is 33.3 Å². The van der Waals surface area contributed by atoms with Gasteiger partial charge >= 0.3 is 0 Å². The summed E-state index contributed by atoms with van der Waals surface area (Å²) < 4.78 is 36.0. The molecule has 5 atom stereocenters. The van der Waals surface area contributed by atoms with Crippen molar-refractivity contribution < 1.29 is 28.4 Å². The van der Waals surface area contributed by atoms with Gasteiger partial charge in [0.2, 0.25) is 0 Å². The average Bonchev–Trinajstić information content (AvgIpc) is 3.15. The maximum Gasteiger partial charge on any atom is 0.190 e. The van der Waals surface area contributed by atoms with E-state index in [2.05, 4.69) is 0 Å². The molecular weight excluding hydrogens is 324 g/mol. The van der Waals surface area contributed by atoms with Crippen molar-refractivity contribution in [2.45, 2.75) is 76.6 Å². The Morgan fingerprint density at radius 1 is 0.960 bits per heavy atom. The van der Waals surface area contributed by atoms with Crippen LogP contribution in [-0.4, -0.2) is 48.9 Å². The van der Waals surface area contributed by atoms with Crippen LogP contribution in [0.3, 0.4) is 0 Å². The first-order chi connectivity index (χ1) is 11.8. The molecule has 138 valence electrons. The molecule has 1 aromatic carbocycles. The maximum atomic E-state index is 6.22. The van der Waals surface area contributed by atoms with Crippen molar-refractivity contribution in [3.05, 3.63) is 35.9 Å². The summed E-state index contributed by atoms with van der Waals surface area (Å²) in [5.74, 6) is -1.29. The smallest absolute Gasteiger partial charge is 0.190 e. The van der Waals surface area contributed by atoms with Gasteiger partial charge in [0.25, 0.3) is 0 Å². The fourth-order valence-electron chi connectivity index (χ4n) is 3.64. The van der Waals surface area contributed by atoms with Crippen molar-refractivity contribution in [1.29, 1.82) is 0 Å². The summed E-state index contributed by atoms with van der Waals surface area (Å²) in [4.78, 5) is 0. The van der Waals surface area contributed by atoms with Crippen LogP contribution in [0.25, 0.3) is 0 Å². The van der Waals surface area contributed by atoms with Crippen molar-refractivity contribution in [2.75, 3.05) is 6.61 Å². The number of fused-ring (bicyclic) bond motifs is 1. The molecule has 3 saturated heterocycles. The van der Waals surface area contributed by atoms with Gasteiger partial charge in [-0.2, -0.15) is 0 Å². The molecule has 6 heteroatoms. The number of benzene rings is 1. The van der Waals surface area contributed by atoms with Crippen LogP contribution in [0.5, 0.6) is 0 Å². The fourth-order valence-corrected chi connectivity index (χ4v) is 3.64. The predicted octanol–water partition coefficient (Wildman–Crippen LogP) is 2.60. The second kappa shape index (κ2) is 6.30. The molecule has 3 aliphatic heterocycles. The zero-order valence-corrected chi connectivity index (χ0v) is 15.1. The van der Waals surface area contributed by atoms with Crippen molar-refractivity contribution in [3.63, 3.8) is 0 Å². The van der Waals surface area contributed by atoms with E-state index in [4.69, 9.17) is 28.4 Å². The van der Waals surface area contributed by atoms with Gasteiger partial charge in [-0.3, -0.25) is 0 Å². The molecule has 0 radical (unpaired) electrons. The van der Waals surface area contributed by atoms with Gasteiger partial charge in [0.05, 0.1) is 13.2 Å². The number of rotatable bonds is 4. The van der Waals surface area contributed by atoms with Crippen LogP contribution in [0, 0.1) is 0 Å². The Kier molecular flexibility index (Phi) is 4.38. The molecule has 6 nitrogen and oxygen atoms in total. The summed E-state index contributed by atoms with van der Waals surface area (Å²) in [6.45, 7) is 8.52. The van der Waals surface area contributed by atoms with Gasteiger partial charge in [-0.05, 0) is 33.3 Å². The molecule has 0 N–H and O–H groups in total. The van der Waals surface area contributed by atoms with Crippen LogP contribution in [-0.2, 0) is 35.0 Å². The Bertz CT molecular complexity index is 601. The molecule has 0 aromatic heterocycles. The molecule has 0 aliphatic carbocycles. The third-order valence-corrected chi connectivity index (χ3v) is 4.71. The molecule has 3 fully saturated rings. The summed E-state index contributed by atoms with van der Waals surface area (Å²) >= 11 is 0. The second-order valence-corrected chi connectivity index (χ2v) is 7.70. The van der Waals surface area contributed by atoms with E-state index in [1.807, 2.05) is 58.0 Å². The lowest BCUT2D eigenvalue weighted by molar-refractivity contribution is -0.236. The molecule has 0 saturated carbocycles. The van der Waals surface area contributed by atoms with Gasteiger partial charge in [0, 0.05) is 0 Å². The SMILES string of the molecule is CC1(C)O[C@H]2O[C@H]([C@@H]3COC(C)(C)O3)[C@H](OCc3ccccc3)[C@@H]2O1. The monoisotopic (exact) mass is 350 g/mol. The van der Waals surface area contributed by atoms with E-state index < -0.39 is 17.9 Å². The number of hydrogen-bond donors (Lipinski definition) is 0. The van der Waals surface area contributed by atoms with Crippen molar-refractivity contribution in [2.24, 2.45) is 0 Å². The lowest BCUT2D eigenvalue weighted by Gasteiger charge is -2.29. The summed E-state index contributed by atoms with van der Waals surface area (Å²) in [5.41, 5.74) is 1.10. The van der Waals surface area contributed by atoms with Crippen LogP contribution in [0.4, 0.5) is 0 Å². The molecule has 3 aliphatic rings. The van der Waals surface area contributed by atoms with Crippen LogP contribution >= 0.6 is 0 Å². The highest BCUT2D eigenvalue weighted by atomic mass is 16.8. The van der Waals surface area contributed by atoms with Gasteiger partial charge in [0.15, 0.2) is 17.9 Å². The normalized spacial score (nSPS) is 38.8. The third kappa shape index (κ3) is 3.60. The van der Waals surface area contributed by atoms with Crippen molar-refractivity contribution >= 4 is 0 Å². The van der Waals surface area contributed by atoms with Crippen molar-refractivity contribution in [3.8, 4) is 0 Å². The summed E-state index contributed by atoms with van der Waals surface area (Å²) in [7, 11) is 0. The minimum absolute atomic E-state index is 0.211. The number of ether oxygens (including phenoxy) is 6. The Balaban J connectivity index is 1.50. The van der Waals surface area contributed by atoms with Gasteiger partial charge in [-0.15, -0.1) is 0 Å². The zero-order valence-electron chi connectivity index (χ0n) is 15.1.